The smallest absolute Gasteiger partial charge is 0.261 e. The lowest BCUT2D eigenvalue weighted by Gasteiger charge is -2.14. The van der Waals surface area contributed by atoms with E-state index in [1.165, 1.54) is 25.2 Å². The van der Waals surface area contributed by atoms with E-state index in [0.717, 1.165) is 11.6 Å². The molecule has 0 aliphatic rings. The van der Waals surface area contributed by atoms with Crippen molar-refractivity contribution in [3.05, 3.63) is 82.2 Å². The van der Waals surface area contributed by atoms with Crippen molar-refractivity contribution in [3.8, 4) is 0 Å². The highest BCUT2D eigenvalue weighted by atomic mass is 19.1. The molecule has 0 saturated heterocycles. The number of hydrogen-bond donors (Lipinski definition) is 5. The van der Waals surface area contributed by atoms with Crippen molar-refractivity contribution < 1.29 is 13.6 Å². The average molecular weight is 422 g/mol. The Kier molecular flexibility index (Phi) is 6.05. The zero-order valence-corrected chi connectivity index (χ0v) is 16.8. The van der Waals surface area contributed by atoms with Crippen molar-refractivity contribution in [2.75, 3.05) is 23.4 Å². The molecule has 1 heterocycles. The van der Waals surface area contributed by atoms with E-state index in [4.69, 9.17) is 16.6 Å². The number of benzene rings is 2. The quantitative estimate of drug-likeness (QED) is 0.304. The standard InChI is InChI=1S/C22H20F2N6O/c1-11-10-29-6-5-13(11)21(27)14-7-12(3-4-17(14)26)30-22(31)19-16(23)8-18(28-2)15(9-25)20(19)24/h3-10,25,27-28H,26H2,1-2H3,(H,30,31). The summed E-state index contributed by atoms with van der Waals surface area (Å²) in [5.41, 5.74) is 7.39. The molecule has 1 aromatic heterocycles. The second kappa shape index (κ2) is 8.70. The summed E-state index contributed by atoms with van der Waals surface area (Å²) in [6.45, 7) is 1.81. The number of aryl methyl sites for hydroxylation is 1. The first-order valence-corrected chi connectivity index (χ1v) is 9.19. The van der Waals surface area contributed by atoms with Gasteiger partial charge in [0.2, 0.25) is 0 Å². The van der Waals surface area contributed by atoms with Crippen molar-refractivity contribution in [2.24, 2.45) is 0 Å². The van der Waals surface area contributed by atoms with E-state index in [1.54, 1.807) is 25.4 Å². The van der Waals surface area contributed by atoms with Gasteiger partial charge in [-0.05, 0) is 42.8 Å². The fourth-order valence-corrected chi connectivity index (χ4v) is 3.13. The number of amides is 1. The van der Waals surface area contributed by atoms with Crippen LogP contribution in [0.1, 0.15) is 32.6 Å². The first kappa shape index (κ1) is 21.6. The maximum Gasteiger partial charge on any atom is 0.261 e. The zero-order valence-electron chi connectivity index (χ0n) is 16.8. The molecule has 0 saturated carbocycles. The Balaban J connectivity index is 1.97. The van der Waals surface area contributed by atoms with E-state index in [9.17, 15) is 13.6 Å². The highest BCUT2D eigenvalue weighted by Gasteiger charge is 2.23. The summed E-state index contributed by atoms with van der Waals surface area (Å²) in [5.74, 6) is -3.24. The molecule has 3 rings (SSSR count). The number of halogens is 2. The number of rotatable bonds is 6. The summed E-state index contributed by atoms with van der Waals surface area (Å²) in [6.07, 6.45) is 3.88. The average Bonchev–Trinajstić information content (AvgIpc) is 2.74. The molecule has 0 radical (unpaired) electrons. The number of nitrogens with zero attached hydrogens (tertiary/aromatic N) is 1. The molecule has 0 aliphatic heterocycles. The summed E-state index contributed by atoms with van der Waals surface area (Å²) < 4.78 is 29.1. The second-order valence-electron chi connectivity index (χ2n) is 6.72. The summed E-state index contributed by atoms with van der Waals surface area (Å²) in [7, 11) is 1.45. The lowest BCUT2D eigenvalue weighted by molar-refractivity contribution is 0.101. The highest BCUT2D eigenvalue weighted by molar-refractivity contribution is 6.15. The SMILES string of the molecule is CNc1cc(F)c(C(=O)Nc2ccc(N)c(C(=N)c3ccncc3C)c2)c(F)c1C=N. The number of carbonyl (C=O) groups excluding carboxylic acids is 1. The third-order valence-electron chi connectivity index (χ3n) is 4.77. The number of nitrogens with two attached hydrogens (primary N) is 1. The first-order chi connectivity index (χ1) is 14.8. The fraction of sp³-hybridized carbons (Fsp3) is 0.0909. The van der Waals surface area contributed by atoms with Crippen molar-refractivity contribution in [1.82, 2.24) is 4.98 Å². The van der Waals surface area contributed by atoms with Gasteiger partial charge in [-0.25, -0.2) is 8.78 Å². The minimum atomic E-state index is -1.15. The van der Waals surface area contributed by atoms with Crippen LogP contribution in [-0.2, 0) is 0 Å². The number of anilines is 3. The summed E-state index contributed by atoms with van der Waals surface area (Å²) >= 11 is 0. The third kappa shape index (κ3) is 4.11. The molecule has 9 heteroatoms. The van der Waals surface area contributed by atoms with Crippen LogP contribution in [0, 0.1) is 29.4 Å². The molecular weight excluding hydrogens is 402 g/mol. The van der Waals surface area contributed by atoms with Crippen LogP contribution < -0.4 is 16.4 Å². The lowest BCUT2D eigenvalue weighted by atomic mass is 9.98. The molecule has 2 aromatic carbocycles. The van der Waals surface area contributed by atoms with Crippen LogP contribution in [0.5, 0.6) is 0 Å². The summed E-state index contributed by atoms with van der Waals surface area (Å²) in [4.78, 5) is 16.6. The number of pyridine rings is 1. The second-order valence-corrected chi connectivity index (χ2v) is 6.72. The van der Waals surface area contributed by atoms with Crippen LogP contribution in [0.25, 0.3) is 0 Å². The monoisotopic (exact) mass is 422 g/mol. The van der Waals surface area contributed by atoms with Crippen LogP contribution in [0.15, 0.2) is 42.7 Å². The van der Waals surface area contributed by atoms with Gasteiger partial charge in [-0.3, -0.25) is 15.2 Å². The van der Waals surface area contributed by atoms with Gasteiger partial charge in [-0.15, -0.1) is 0 Å². The molecule has 158 valence electrons. The molecule has 7 nitrogen and oxygen atoms in total. The molecule has 3 aromatic rings. The summed E-state index contributed by atoms with van der Waals surface area (Å²) in [5, 5.41) is 20.9. The molecule has 0 spiro atoms. The normalized spacial score (nSPS) is 10.5. The molecule has 1 amide bonds. The van der Waals surface area contributed by atoms with Gasteiger partial charge < -0.3 is 21.8 Å². The molecule has 0 unspecified atom stereocenters. The maximum atomic E-state index is 14.7. The van der Waals surface area contributed by atoms with Crippen molar-refractivity contribution in [2.45, 2.75) is 6.92 Å². The minimum absolute atomic E-state index is 0.0532. The molecule has 0 fully saturated rings. The van der Waals surface area contributed by atoms with E-state index in [1.807, 2.05) is 0 Å². The topological polar surface area (TPSA) is 128 Å². The van der Waals surface area contributed by atoms with Crippen molar-refractivity contribution in [1.29, 1.82) is 10.8 Å². The predicted octanol–water partition coefficient (Wildman–Crippen LogP) is 3.96. The van der Waals surface area contributed by atoms with Crippen LogP contribution in [0.2, 0.25) is 0 Å². The number of carbonyl (C=O) groups is 1. The van der Waals surface area contributed by atoms with Crippen molar-refractivity contribution >= 4 is 34.9 Å². The Morgan fingerprint density at radius 2 is 1.94 bits per heavy atom. The van der Waals surface area contributed by atoms with Crippen LogP contribution in [0.4, 0.5) is 25.8 Å². The van der Waals surface area contributed by atoms with Gasteiger partial charge in [-0.2, -0.15) is 0 Å². The molecule has 0 aliphatic carbocycles. The fourth-order valence-electron chi connectivity index (χ4n) is 3.13. The first-order valence-electron chi connectivity index (χ1n) is 9.19. The molecular formula is C22H20F2N6O. The van der Waals surface area contributed by atoms with Gasteiger partial charge in [0.1, 0.15) is 17.2 Å². The van der Waals surface area contributed by atoms with E-state index >= 15 is 0 Å². The number of aromatic nitrogens is 1. The van der Waals surface area contributed by atoms with Gasteiger partial charge in [0.05, 0.1) is 11.3 Å². The highest BCUT2D eigenvalue weighted by Crippen LogP contribution is 2.26. The van der Waals surface area contributed by atoms with E-state index in [2.05, 4.69) is 15.6 Å². The lowest BCUT2D eigenvalue weighted by Crippen LogP contribution is -2.18. The summed E-state index contributed by atoms with van der Waals surface area (Å²) in [6, 6.07) is 7.06. The van der Waals surface area contributed by atoms with E-state index in [0.29, 0.717) is 23.0 Å². The zero-order chi connectivity index (χ0) is 22.7. The Bertz CT molecular complexity index is 1210. The van der Waals surface area contributed by atoms with E-state index < -0.39 is 23.1 Å². The Hall–Kier alpha value is -4.14. The van der Waals surface area contributed by atoms with Gasteiger partial charge in [0, 0.05) is 53.8 Å². The van der Waals surface area contributed by atoms with Crippen LogP contribution in [0.3, 0.4) is 0 Å². The number of nitrogens with one attached hydrogen (secondary N) is 4. The van der Waals surface area contributed by atoms with E-state index in [-0.39, 0.29) is 22.6 Å². The minimum Gasteiger partial charge on any atom is -0.398 e. The predicted molar refractivity (Wildman–Crippen MR) is 118 cm³/mol. The molecule has 31 heavy (non-hydrogen) atoms. The third-order valence-corrected chi connectivity index (χ3v) is 4.77. The van der Waals surface area contributed by atoms with Gasteiger partial charge in [-0.1, -0.05) is 0 Å². The molecule has 0 atom stereocenters. The molecule has 6 N–H and O–H groups in total. The number of hydrogen-bond acceptors (Lipinski definition) is 6. The van der Waals surface area contributed by atoms with Gasteiger partial charge in [0.15, 0.2) is 0 Å². The largest absolute Gasteiger partial charge is 0.398 e. The molecule has 0 bridgehead atoms. The van der Waals surface area contributed by atoms with Crippen LogP contribution in [-0.4, -0.2) is 29.9 Å². The Labute approximate surface area is 177 Å². The van der Waals surface area contributed by atoms with Crippen molar-refractivity contribution in [3.63, 3.8) is 0 Å². The van der Waals surface area contributed by atoms with Gasteiger partial charge >= 0.3 is 0 Å². The Morgan fingerprint density at radius 3 is 2.58 bits per heavy atom. The maximum absolute atomic E-state index is 14.7. The Morgan fingerprint density at radius 1 is 1.19 bits per heavy atom. The van der Waals surface area contributed by atoms with Gasteiger partial charge in [0.25, 0.3) is 5.91 Å². The number of nitrogen functional groups attached to an aromatic ring is 1. The van der Waals surface area contributed by atoms with Crippen LogP contribution >= 0.6 is 0 Å².